The van der Waals surface area contributed by atoms with Crippen molar-refractivity contribution in [3.8, 4) is 5.75 Å². The first-order chi connectivity index (χ1) is 20.4. The normalized spacial score (nSPS) is 11.4. The summed E-state index contributed by atoms with van der Waals surface area (Å²) in [4.78, 5) is 39.5. The summed E-state index contributed by atoms with van der Waals surface area (Å²) in [5.74, 6) is -0.406. The maximum Gasteiger partial charge on any atom is 0.326 e. The molecule has 4 aromatic rings. The van der Waals surface area contributed by atoms with Gasteiger partial charge in [-0.1, -0.05) is 91.9 Å². The predicted molar refractivity (Wildman–Crippen MR) is 164 cm³/mol. The molecule has 0 saturated carbocycles. The second-order valence-electron chi connectivity index (χ2n) is 9.98. The lowest BCUT2D eigenvalue weighted by molar-refractivity contribution is -0.138. The third-order valence-corrected chi connectivity index (χ3v) is 6.91. The third-order valence-electron chi connectivity index (χ3n) is 6.91. The molecule has 42 heavy (non-hydrogen) atoms. The molecule has 4 aromatic carbocycles. The fourth-order valence-corrected chi connectivity index (χ4v) is 4.66. The number of benzene rings is 4. The molecule has 0 aliphatic carbocycles. The van der Waals surface area contributed by atoms with Crippen molar-refractivity contribution in [3.05, 3.63) is 131 Å². The predicted octanol–water partition coefficient (Wildman–Crippen LogP) is 6.23. The standard InChI is InChI=1S/C35H36N2O5/c1-2-33(38)37(25-27-12-5-3-6-13-27)22-11-23-42-29-20-18-26(19-21-29)24-32(35(40)41)36-31-17-10-9-16-30(31)34(39)28-14-7-4-8-15-28/h3-10,12-21,32,36H,2,11,22-25H2,1H3,(H,40,41)/t32-/m0/s1. The van der Waals surface area contributed by atoms with E-state index in [-0.39, 0.29) is 18.1 Å². The number of carbonyl (C=O) groups excluding carboxylic acids is 2. The van der Waals surface area contributed by atoms with Gasteiger partial charge in [-0.2, -0.15) is 0 Å². The van der Waals surface area contributed by atoms with Crippen LogP contribution in [0.4, 0.5) is 5.69 Å². The van der Waals surface area contributed by atoms with Gasteiger partial charge in [-0.25, -0.2) is 4.79 Å². The number of ketones is 1. The Hall–Kier alpha value is -4.91. The number of hydrogen-bond donors (Lipinski definition) is 2. The van der Waals surface area contributed by atoms with E-state index in [1.165, 1.54) is 0 Å². The Morgan fingerprint density at radius 3 is 2.12 bits per heavy atom. The fourth-order valence-electron chi connectivity index (χ4n) is 4.66. The summed E-state index contributed by atoms with van der Waals surface area (Å²) in [7, 11) is 0. The average Bonchev–Trinajstić information content (AvgIpc) is 3.03. The van der Waals surface area contributed by atoms with E-state index in [0.717, 1.165) is 11.1 Å². The number of carboxylic acid groups (broad SMARTS) is 1. The number of amides is 1. The molecule has 7 heteroatoms. The lowest BCUT2D eigenvalue weighted by atomic mass is 10.00. The smallest absolute Gasteiger partial charge is 0.326 e. The summed E-state index contributed by atoms with van der Waals surface area (Å²) in [6, 6.07) is 32.2. The highest BCUT2D eigenvalue weighted by Crippen LogP contribution is 2.22. The Bertz CT molecular complexity index is 1460. The van der Waals surface area contributed by atoms with Crippen LogP contribution in [0.2, 0.25) is 0 Å². The number of ether oxygens (including phenoxy) is 1. The van der Waals surface area contributed by atoms with Crippen LogP contribution < -0.4 is 10.1 Å². The maximum absolute atomic E-state index is 13.1. The Morgan fingerprint density at radius 2 is 1.45 bits per heavy atom. The van der Waals surface area contributed by atoms with Gasteiger partial charge in [-0.15, -0.1) is 0 Å². The van der Waals surface area contributed by atoms with Crippen molar-refractivity contribution in [2.45, 2.75) is 38.8 Å². The van der Waals surface area contributed by atoms with Crippen LogP contribution in [0.1, 0.15) is 46.8 Å². The van der Waals surface area contributed by atoms with E-state index in [1.54, 1.807) is 48.5 Å². The minimum Gasteiger partial charge on any atom is -0.494 e. The molecule has 1 atom stereocenters. The van der Waals surface area contributed by atoms with Gasteiger partial charge >= 0.3 is 5.97 Å². The molecule has 7 nitrogen and oxygen atoms in total. The summed E-state index contributed by atoms with van der Waals surface area (Å²) in [6.45, 7) is 3.49. The molecule has 0 aliphatic heterocycles. The van der Waals surface area contributed by atoms with Crippen LogP contribution in [0.5, 0.6) is 5.75 Å². The fraction of sp³-hybridized carbons (Fsp3) is 0.229. The molecule has 0 heterocycles. The number of hydrogen-bond acceptors (Lipinski definition) is 5. The minimum absolute atomic E-state index is 0.108. The first-order valence-corrected chi connectivity index (χ1v) is 14.2. The van der Waals surface area contributed by atoms with E-state index < -0.39 is 12.0 Å². The van der Waals surface area contributed by atoms with Crippen LogP contribution in [-0.4, -0.2) is 46.9 Å². The molecule has 0 spiro atoms. The first kappa shape index (κ1) is 30.1. The van der Waals surface area contributed by atoms with E-state index >= 15 is 0 Å². The van der Waals surface area contributed by atoms with Crippen LogP contribution in [0.15, 0.2) is 109 Å². The second kappa shape index (κ2) is 15.2. The molecular formula is C35H36N2O5. The van der Waals surface area contributed by atoms with Crippen molar-refractivity contribution in [1.82, 2.24) is 4.90 Å². The van der Waals surface area contributed by atoms with E-state index in [2.05, 4.69) is 5.32 Å². The Morgan fingerprint density at radius 1 is 0.810 bits per heavy atom. The van der Waals surface area contributed by atoms with Crippen LogP contribution >= 0.6 is 0 Å². The number of nitrogens with one attached hydrogen (secondary N) is 1. The highest BCUT2D eigenvalue weighted by molar-refractivity contribution is 6.12. The van der Waals surface area contributed by atoms with Crippen molar-refractivity contribution >= 4 is 23.3 Å². The Balaban J connectivity index is 1.32. The quantitative estimate of drug-likeness (QED) is 0.131. The zero-order valence-corrected chi connectivity index (χ0v) is 23.7. The van der Waals surface area contributed by atoms with Crippen LogP contribution in [-0.2, 0) is 22.6 Å². The van der Waals surface area contributed by atoms with Gasteiger partial charge in [0.2, 0.25) is 5.91 Å². The van der Waals surface area contributed by atoms with Crippen molar-refractivity contribution in [2.24, 2.45) is 0 Å². The molecule has 4 rings (SSSR count). The minimum atomic E-state index is -1.01. The number of anilines is 1. The van der Waals surface area contributed by atoms with E-state index in [4.69, 9.17) is 4.74 Å². The van der Waals surface area contributed by atoms with Crippen LogP contribution in [0.3, 0.4) is 0 Å². The molecule has 0 radical (unpaired) electrons. The summed E-state index contributed by atoms with van der Waals surface area (Å²) in [6.07, 6.45) is 1.36. The number of carbonyl (C=O) groups is 3. The Labute approximate surface area is 246 Å². The van der Waals surface area contributed by atoms with Crippen LogP contribution in [0.25, 0.3) is 0 Å². The van der Waals surface area contributed by atoms with Gasteiger partial charge in [-0.05, 0) is 41.8 Å². The van der Waals surface area contributed by atoms with Crippen molar-refractivity contribution < 1.29 is 24.2 Å². The zero-order chi connectivity index (χ0) is 29.7. The maximum atomic E-state index is 13.1. The summed E-state index contributed by atoms with van der Waals surface area (Å²) in [5, 5.41) is 13.0. The highest BCUT2D eigenvalue weighted by atomic mass is 16.5. The molecule has 216 valence electrons. The summed E-state index contributed by atoms with van der Waals surface area (Å²) in [5.41, 5.74) is 3.34. The van der Waals surface area contributed by atoms with E-state index in [9.17, 15) is 19.5 Å². The molecule has 0 aromatic heterocycles. The SMILES string of the molecule is CCC(=O)N(CCCOc1ccc(C[C@H](Nc2ccccc2C(=O)c2ccccc2)C(=O)O)cc1)Cc1ccccc1. The third kappa shape index (κ3) is 8.54. The second-order valence-corrected chi connectivity index (χ2v) is 9.98. The van der Waals surface area contributed by atoms with Crippen molar-refractivity contribution in [1.29, 1.82) is 0 Å². The number of aliphatic carboxylic acids is 1. The largest absolute Gasteiger partial charge is 0.494 e. The van der Waals surface area contributed by atoms with Crippen LogP contribution in [0, 0.1) is 0 Å². The van der Waals surface area contributed by atoms with Gasteiger partial charge in [0.05, 0.1) is 6.61 Å². The van der Waals surface area contributed by atoms with Gasteiger partial charge in [0.1, 0.15) is 11.8 Å². The highest BCUT2D eigenvalue weighted by Gasteiger charge is 2.21. The summed E-state index contributed by atoms with van der Waals surface area (Å²) < 4.78 is 5.90. The monoisotopic (exact) mass is 564 g/mol. The number of para-hydroxylation sites is 1. The topological polar surface area (TPSA) is 95.9 Å². The molecule has 0 aliphatic rings. The molecule has 0 unspecified atom stereocenters. The van der Waals surface area contributed by atoms with E-state index in [0.29, 0.717) is 55.1 Å². The molecule has 0 saturated heterocycles. The zero-order valence-electron chi connectivity index (χ0n) is 23.7. The van der Waals surface area contributed by atoms with Gasteiger partial charge in [-0.3, -0.25) is 9.59 Å². The number of nitrogens with zero attached hydrogens (tertiary/aromatic N) is 1. The van der Waals surface area contributed by atoms with Gasteiger partial charge in [0.25, 0.3) is 0 Å². The Kier molecular flexibility index (Phi) is 10.9. The molecular weight excluding hydrogens is 528 g/mol. The molecule has 2 N–H and O–H groups in total. The van der Waals surface area contributed by atoms with Gasteiger partial charge < -0.3 is 20.1 Å². The van der Waals surface area contributed by atoms with Crippen molar-refractivity contribution in [2.75, 3.05) is 18.5 Å². The lowest BCUT2D eigenvalue weighted by Crippen LogP contribution is -2.32. The van der Waals surface area contributed by atoms with Crippen molar-refractivity contribution in [3.63, 3.8) is 0 Å². The summed E-state index contributed by atoms with van der Waals surface area (Å²) >= 11 is 0. The van der Waals surface area contributed by atoms with Gasteiger partial charge in [0, 0.05) is 42.7 Å². The molecule has 0 fully saturated rings. The number of rotatable bonds is 15. The van der Waals surface area contributed by atoms with E-state index in [1.807, 2.05) is 72.5 Å². The lowest BCUT2D eigenvalue weighted by Gasteiger charge is -2.22. The van der Waals surface area contributed by atoms with Gasteiger partial charge in [0.15, 0.2) is 5.78 Å². The number of carboxylic acids is 1. The molecule has 1 amide bonds. The first-order valence-electron chi connectivity index (χ1n) is 14.2. The molecule has 0 bridgehead atoms. The average molecular weight is 565 g/mol.